The quantitative estimate of drug-likeness (QED) is 0.442. The summed E-state index contributed by atoms with van der Waals surface area (Å²) in [6, 6.07) is 7.85. The maximum absolute atomic E-state index is 14.3. The highest BCUT2D eigenvalue weighted by Gasteiger charge is 2.51. The zero-order chi connectivity index (χ0) is 23.4. The third-order valence-electron chi connectivity index (χ3n) is 7.79. The van der Waals surface area contributed by atoms with Crippen LogP contribution < -0.4 is 5.56 Å². The average molecular weight is 461 g/mol. The third kappa shape index (κ3) is 3.60. The van der Waals surface area contributed by atoms with Crippen molar-refractivity contribution in [2.24, 2.45) is 18.4 Å². The van der Waals surface area contributed by atoms with Crippen molar-refractivity contribution in [2.45, 2.75) is 39.0 Å². The maximum atomic E-state index is 14.3. The Balaban J connectivity index is 1.02. The van der Waals surface area contributed by atoms with Gasteiger partial charge in [-0.15, -0.1) is 10.2 Å². The minimum atomic E-state index is -0.191. The first-order chi connectivity index (χ1) is 16.4. The van der Waals surface area contributed by atoms with Gasteiger partial charge in [-0.25, -0.2) is 9.07 Å². The number of halogens is 1. The van der Waals surface area contributed by atoms with Crippen molar-refractivity contribution in [3.8, 4) is 0 Å². The summed E-state index contributed by atoms with van der Waals surface area (Å²) in [5, 5.41) is 14.3. The number of aryl methyl sites for hydroxylation is 3. The van der Waals surface area contributed by atoms with Crippen LogP contribution in [0.4, 0.5) is 4.39 Å². The molecule has 8 heteroatoms. The fraction of sp³-hybridized carbons (Fsp3) is 0.462. The molecular formula is C26H29FN6O. The normalized spacial score (nSPS) is 18.0. The van der Waals surface area contributed by atoms with E-state index < -0.39 is 0 Å². The van der Waals surface area contributed by atoms with Gasteiger partial charge in [0.2, 0.25) is 0 Å². The molecular weight excluding hydrogens is 431 g/mol. The van der Waals surface area contributed by atoms with Crippen molar-refractivity contribution in [3.63, 3.8) is 0 Å². The van der Waals surface area contributed by atoms with E-state index in [1.165, 1.54) is 30.0 Å². The minimum absolute atomic E-state index is 0.0159. The van der Waals surface area contributed by atoms with Crippen molar-refractivity contribution in [2.75, 3.05) is 19.6 Å². The van der Waals surface area contributed by atoms with Gasteiger partial charge in [0.15, 0.2) is 5.65 Å². The molecule has 6 rings (SSSR count). The smallest absolute Gasteiger partial charge is 0.274 e. The Morgan fingerprint density at radius 1 is 1.24 bits per heavy atom. The molecule has 1 aromatic carbocycles. The van der Waals surface area contributed by atoms with Gasteiger partial charge in [-0.1, -0.05) is 18.2 Å². The number of fused-ring (bicyclic) bond motifs is 2. The number of pyridine rings is 1. The monoisotopic (exact) mass is 460 g/mol. The third-order valence-corrected chi connectivity index (χ3v) is 7.79. The Kier molecular flexibility index (Phi) is 5.02. The zero-order valence-corrected chi connectivity index (χ0v) is 19.7. The molecule has 7 nitrogen and oxygen atoms in total. The summed E-state index contributed by atoms with van der Waals surface area (Å²) in [7, 11) is 1.75. The summed E-state index contributed by atoms with van der Waals surface area (Å²) in [6.07, 6.45) is 8.01. The SMILES string of the molecule is Cc1cccc2c(CC3CC4(C3)CN(CCCc3cc5nncn5cc3F)C4)nn(C)c(=O)c12. The number of hydrogen-bond donors (Lipinski definition) is 0. The van der Waals surface area contributed by atoms with E-state index in [0.717, 1.165) is 54.5 Å². The molecule has 34 heavy (non-hydrogen) atoms. The topological polar surface area (TPSA) is 68.3 Å². The van der Waals surface area contributed by atoms with Crippen molar-refractivity contribution >= 4 is 16.4 Å². The fourth-order valence-electron chi connectivity index (χ4n) is 6.26. The summed E-state index contributed by atoms with van der Waals surface area (Å²) >= 11 is 0. The second kappa shape index (κ2) is 7.98. The van der Waals surface area contributed by atoms with E-state index >= 15 is 0 Å². The summed E-state index contributed by atoms with van der Waals surface area (Å²) < 4.78 is 17.4. The molecule has 0 N–H and O–H groups in total. The number of benzene rings is 1. The van der Waals surface area contributed by atoms with Crippen LogP contribution in [0.2, 0.25) is 0 Å². The first-order valence-electron chi connectivity index (χ1n) is 12.1. The molecule has 1 saturated heterocycles. The van der Waals surface area contributed by atoms with Gasteiger partial charge >= 0.3 is 0 Å². The number of nitrogens with zero attached hydrogens (tertiary/aromatic N) is 6. The standard InChI is InChI=1S/C26H29FN6O/c1-17-5-3-7-20-22(30-31(2)25(34)24(17)20)9-18-11-26(12-18)14-32(15-26)8-4-6-19-10-23-29-28-16-33(23)13-21(19)27/h3,5,7,10,13,16,18H,4,6,8-9,11-12,14-15H2,1-2H3. The van der Waals surface area contributed by atoms with Gasteiger partial charge in [0.1, 0.15) is 12.1 Å². The van der Waals surface area contributed by atoms with E-state index in [-0.39, 0.29) is 11.4 Å². The van der Waals surface area contributed by atoms with Gasteiger partial charge in [0.05, 0.1) is 11.1 Å². The summed E-state index contributed by atoms with van der Waals surface area (Å²) in [4.78, 5) is 15.1. The highest BCUT2D eigenvalue weighted by Crippen LogP contribution is 2.52. The van der Waals surface area contributed by atoms with E-state index in [4.69, 9.17) is 0 Å². The van der Waals surface area contributed by atoms with Gasteiger partial charge in [0, 0.05) is 31.7 Å². The van der Waals surface area contributed by atoms with Crippen LogP contribution in [0, 0.1) is 24.1 Å². The van der Waals surface area contributed by atoms with Gasteiger partial charge in [-0.3, -0.25) is 9.20 Å². The van der Waals surface area contributed by atoms with Gasteiger partial charge < -0.3 is 4.90 Å². The predicted octanol–water partition coefficient (Wildman–Crippen LogP) is 3.31. The lowest BCUT2D eigenvalue weighted by atomic mass is 9.56. The lowest BCUT2D eigenvalue weighted by Gasteiger charge is -2.59. The Bertz CT molecular complexity index is 1440. The lowest BCUT2D eigenvalue weighted by Crippen LogP contribution is -2.62. The highest BCUT2D eigenvalue weighted by molar-refractivity contribution is 5.86. The van der Waals surface area contributed by atoms with Crippen molar-refractivity contribution in [3.05, 3.63) is 69.8 Å². The largest absolute Gasteiger partial charge is 0.302 e. The molecule has 0 unspecified atom stereocenters. The van der Waals surface area contributed by atoms with Gasteiger partial charge in [-0.2, -0.15) is 5.10 Å². The molecule has 2 aliphatic rings. The number of hydrogen-bond acceptors (Lipinski definition) is 5. The molecule has 0 atom stereocenters. The van der Waals surface area contributed by atoms with E-state index in [9.17, 15) is 9.18 Å². The second-order valence-electron chi connectivity index (χ2n) is 10.4. The van der Waals surface area contributed by atoms with Gasteiger partial charge in [0.25, 0.3) is 5.56 Å². The summed E-state index contributed by atoms with van der Waals surface area (Å²) in [5.41, 5.74) is 3.90. The molecule has 1 aliphatic carbocycles. The molecule has 0 radical (unpaired) electrons. The van der Waals surface area contributed by atoms with Gasteiger partial charge in [-0.05, 0) is 74.1 Å². The minimum Gasteiger partial charge on any atom is -0.302 e. The lowest BCUT2D eigenvalue weighted by molar-refractivity contribution is -0.0938. The Hall–Kier alpha value is -3.13. The molecule has 1 aliphatic heterocycles. The number of rotatable bonds is 6. The van der Waals surface area contributed by atoms with Crippen LogP contribution in [0.5, 0.6) is 0 Å². The maximum Gasteiger partial charge on any atom is 0.274 e. The van der Waals surface area contributed by atoms with Crippen LogP contribution in [0.3, 0.4) is 0 Å². The van der Waals surface area contributed by atoms with Crippen LogP contribution in [0.15, 0.2) is 41.6 Å². The molecule has 1 spiro atoms. The van der Waals surface area contributed by atoms with Crippen LogP contribution >= 0.6 is 0 Å². The average Bonchev–Trinajstić information content (AvgIpc) is 3.20. The zero-order valence-electron chi connectivity index (χ0n) is 19.7. The molecule has 4 heterocycles. The first-order valence-corrected chi connectivity index (χ1v) is 12.1. The second-order valence-corrected chi connectivity index (χ2v) is 10.4. The summed E-state index contributed by atoms with van der Waals surface area (Å²) in [6.45, 7) is 5.26. The molecule has 1 saturated carbocycles. The molecule has 4 aromatic rings. The molecule has 0 bridgehead atoms. The van der Waals surface area contributed by atoms with Crippen LogP contribution in [0.1, 0.15) is 36.1 Å². The first kappa shape index (κ1) is 21.4. The molecule has 0 amide bonds. The van der Waals surface area contributed by atoms with Crippen molar-refractivity contribution in [1.82, 2.24) is 29.3 Å². The van der Waals surface area contributed by atoms with E-state index in [2.05, 4.69) is 20.2 Å². The van der Waals surface area contributed by atoms with Crippen molar-refractivity contribution in [1.29, 1.82) is 0 Å². The van der Waals surface area contributed by atoms with E-state index in [0.29, 0.717) is 29.0 Å². The van der Waals surface area contributed by atoms with Crippen LogP contribution in [-0.4, -0.2) is 48.9 Å². The molecule has 176 valence electrons. The van der Waals surface area contributed by atoms with E-state index in [1.807, 2.05) is 25.1 Å². The Morgan fingerprint density at radius 3 is 2.88 bits per heavy atom. The predicted molar refractivity (Wildman–Crippen MR) is 128 cm³/mol. The molecule has 2 fully saturated rings. The Labute approximate surface area is 197 Å². The van der Waals surface area contributed by atoms with Crippen LogP contribution in [-0.2, 0) is 19.9 Å². The Morgan fingerprint density at radius 2 is 2.06 bits per heavy atom. The molecule has 3 aromatic heterocycles. The number of aromatic nitrogens is 5. The van der Waals surface area contributed by atoms with Crippen LogP contribution in [0.25, 0.3) is 16.4 Å². The summed E-state index contributed by atoms with van der Waals surface area (Å²) in [5.74, 6) is 0.434. The number of likely N-dealkylation sites (tertiary alicyclic amines) is 1. The van der Waals surface area contributed by atoms with Crippen molar-refractivity contribution < 1.29 is 4.39 Å². The highest BCUT2D eigenvalue weighted by atomic mass is 19.1. The fourth-order valence-corrected chi connectivity index (χ4v) is 6.26. The van der Waals surface area contributed by atoms with E-state index in [1.54, 1.807) is 17.5 Å².